The SMILES string of the molecule is Cc1ccc2c(Cl)c(C(=O)O)sc2c1.Cl. The number of halogens is 2. The number of hydrogen-bond donors (Lipinski definition) is 1. The predicted molar refractivity (Wildman–Crippen MR) is 65.8 cm³/mol. The topological polar surface area (TPSA) is 37.3 Å². The van der Waals surface area contributed by atoms with E-state index in [2.05, 4.69) is 0 Å². The smallest absolute Gasteiger partial charge is 0.347 e. The predicted octanol–water partition coefficient (Wildman–Crippen LogP) is 3.98. The quantitative estimate of drug-likeness (QED) is 0.844. The summed E-state index contributed by atoms with van der Waals surface area (Å²) in [7, 11) is 0. The number of carboxylic acid groups (broad SMARTS) is 1. The van der Waals surface area contributed by atoms with E-state index in [1.807, 2.05) is 25.1 Å². The van der Waals surface area contributed by atoms with Gasteiger partial charge in [-0.15, -0.1) is 23.7 Å². The summed E-state index contributed by atoms with van der Waals surface area (Å²) < 4.78 is 0.924. The second-order valence-corrected chi connectivity index (χ2v) is 4.48. The first-order valence-corrected chi connectivity index (χ1v) is 5.21. The third-order valence-corrected chi connectivity index (χ3v) is 3.62. The number of carboxylic acids is 1. The van der Waals surface area contributed by atoms with Crippen molar-refractivity contribution < 1.29 is 9.90 Å². The summed E-state index contributed by atoms with van der Waals surface area (Å²) in [6, 6.07) is 5.72. The lowest BCUT2D eigenvalue weighted by Crippen LogP contribution is -1.91. The van der Waals surface area contributed by atoms with E-state index in [1.54, 1.807) is 0 Å². The number of aromatic carboxylic acids is 1. The van der Waals surface area contributed by atoms with E-state index in [4.69, 9.17) is 16.7 Å². The molecule has 1 aromatic heterocycles. The van der Waals surface area contributed by atoms with Crippen LogP contribution in [0.2, 0.25) is 5.02 Å². The minimum Gasteiger partial charge on any atom is -0.477 e. The highest BCUT2D eigenvalue weighted by Gasteiger charge is 2.15. The summed E-state index contributed by atoms with van der Waals surface area (Å²) in [6.45, 7) is 1.97. The van der Waals surface area contributed by atoms with Crippen molar-refractivity contribution in [3.63, 3.8) is 0 Å². The van der Waals surface area contributed by atoms with Crippen LogP contribution in [0.5, 0.6) is 0 Å². The Morgan fingerprint density at radius 1 is 1.47 bits per heavy atom. The van der Waals surface area contributed by atoms with Gasteiger partial charge in [-0.1, -0.05) is 23.7 Å². The highest BCUT2D eigenvalue weighted by molar-refractivity contribution is 7.21. The Labute approximate surface area is 102 Å². The number of rotatable bonds is 1. The van der Waals surface area contributed by atoms with E-state index in [1.165, 1.54) is 11.3 Å². The van der Waals surface area contributed by atoms with Gasteiger partial charge in [0.1, 0.15) is 4.88 Å². The van der Waals surface area contributed by atoms with Gasteiger partial charge in [0, 0.05) is 10.1 Å². The van der Waals surface area contributed by atoms with Gasteiger partial charge in [0.2, 0.25) is 0 Å². The van der Waals surface area contributed by atoms with Crippen LogP contribution in [0.4, 0.5) is 0 Å². The molecule has 80 valence electrons. The van der Waals surface area contributed by atoms with Gasteiger partial charge in [-0.2, -0.15) is 0 Å². The largest absolute Gasteiger partial charge is 0.477 e. The van der Waals surface area contributed by atoms with Crippen molar-refractivity contribution in [2.45, 2.75) is 6.92 Å². The molecule has 0 fully saturated rings. The van der Waals surface area contributed by atoms with Crippen molar-refractivity contribution in [1.29, 1.82) is 0 Å². The lowest BCUT2D eigenvalue weighted by atomic mass is 10.2. The van der Waals surface area contributed by atoms with E-state index in [0.717, 1.165) is 15.6 Å². The molecule has 0 aliphatic rings. The summed E-state index contributed by atoms with van der Waals surface area (Å²) in [5, 5.41) is 10.0. The van der Waals surface area contributed by atoms with E-state index in [0.29, 0.717) is 5.02 Å². The summed E-state index contributed by atoms with van der Waals surface area (Å²) in [4.78, 5) is 11.0. The van der Waals surface area contributed by atoms with Crippen LogP contribution in [0, 0.1) is 6.92 Å². The normalized spacial score (nSPS) is 10.0. The highest BCUT2D eigenvalue weighted by Crippen LogP contribution is 2.35. The fraction of sp³-hybridized carbons (Fsp3) is 0.100. The minimum atomic E-state index is -0.964. The van der Waals surface area contributed by atoms with Gasteiger partial charge in [0.05, 0.1) is 5.02 Å². The lowest BCUT2D eigenvalue weighted by molar-refractivity contribution is 0.0702. The van der Waals surface area contributed by atoms with Crippen LogP contribution in [-0.4, -0.2) is 11.1 Å². The van der Waals surface area contributed by atoms with Crippen molar-refractivity contribution >= 4 is 51.4 Å². The van der Waals surface area contributed by atoms with Crippen LogP contribution in [0.15, 0.2) is 18.2 Å². The first-order valence-electron chi connectivity index (χ1n) is 4.01. The molecule has 0 unspecified atom stereocenters. The number of aryl methyl sites for hydroxylation is 1. The molecule has 0 aliphatic carbocycles. The molecule has 2 nitrogen and oxygen atoms in total. The van der Waals surface area contributed by atoms with Gasteiger partial charge < -0.3 is 5.11 Å². The van der Waals surface area contributed by atoms with E-state index >= 15 is 0 Å². The minimum absolute atomic E-state index is 0. The van der Waals surface area contributed by atoms with E-state index in [9.17, 15) is 4.79 Å². The molecule has 0 amide bonds. The Morgan fingerprint density at radius 2 is 2.13 bits per heavy atom. The third-order valence-electron chi connectivity index (χ3n) is 1.98. The van der Waals surface area contributed by atoms with Crippen molar-refractivity contribution in [3.05, 3.63) is 33.7 Å². The van der Waals surface area contributed by atoms with Gasteiger partial charge >= 0.3 is 5.97 Å². The summed E-state index contributed by atoms with van der Waals surface area (Å²) >= 11 is 7.15. The second kappa shape index (κ2) is 4.39. The van der Waals surface area contributed by atoms with Crippen LogP contribution in [0.3, 0.4) is 0 Å². The fourth-order valence-corrected chi connectivity index (χ4v) is 2.76. The third kappa shape index (κ3) is 2.09. The van der Waals surface area contributed by atoms with Crippen LogP contribution >= 0.6 is 35.3 Å². The molecule has 2 aromatic rings. The molecular weight excluding hydrogens is 255 g/mol. The lowest BCUT2D eigenvalue weighted by Gasteiger charge is -1.91. The van der Waals surface area contributed by atoms with Crippen LogP contribution < -0.4 is 0 Å². The van der Waals surface area contributed by atoms with Crippen LogP contribution in [0.25, 0.3) is 10.1 Å². The molecule has 1 aromatic carbocycles. The molecule has 15 heavy (non-hydrogen) atoms. The Balaban J connectivity index is 0.00000112. The summed E-state index contributed by atoms with van der Waals surface area (Å²) in [6.07, 6.45) is 0. The van der Waals surface area contributed by atoms with Crippen LogP contribution in [0.1, 0.15) is 15.2 Å². The van der Waals surface area contributed by atoms with Crippen LogP contribution in [-0.2, 0) is 0 Å². The van der Waals surface area contributed by atoms with Crippen molar-refractivity contribution in [1.82, 2.24) is 0 Å². The molecule has 0 bridgehead atoms. The zero-order chi connectivity index (χ0) is 10.3. The number of fused-ring (bicyclic) bond motifs is 1. The molecule has 0 spiro atoms. The van der Waals surface area contributed by atoms with Crippen molar-refractivity contribution in [3.8, 4) is 0 Å². The van der Waals surface area contributed by atoms with Gasteiger partial charge in [-0.3, -0.25) is 0 Å². The standard InChI is InChI=1S/C10H7ClO2S.ClH/c1-5-2-3-6-7(4-5)14-9(8(6)11)10(12)13;/h2-4H,1H3,(H,12,13);1H. The molecule has 0 radical (unpaired) electrons. The molecule has 1 N–H and O–H groups in total. The number of benzene rings is 1. The Bertz CT molecular complexity index is 519. The van der Waals surface area contributed by atoms with E-state index in [-0.39, 0.29) is 17.3 Å². The van der Waals surface area contributed by atoms with Crippen molar-refractivity contribution in [2.75, 3.05) is 0 Å². The summed E-state index contributed by atoms with van der Waals surface area (Å²) in [5.74, 6) is -0.964. The summed E-state index contributed by atoms with van der Waals surface area (Å²) in [5.41, 5.74) is 1.10. The molecule has 0 saturated heterocycles. The number of thiophene rings is 1. The monoisotopic (exact) mass is 262 g/mol. The molecular formula is C10H8Cl2O2S. The molecule has 0 atom stereocenters. The maximum atomic E-state index is 10.8. The maximum Gasteiger partial charge on any atom is 0.347 e. The fourth-order valence-electron chi connectivity index (χ4n) is 1.31. The van der Waals surface area contributed by atoms with Gasteiger partial charge in [0.15, 0.2) is 0 Å². The molecule has 1 heterocycles. The average molecular weight is 263 g/mol. The van der Waals surface area contributed by atoms with Crippen molar-refractivity contribution in [2.24, 2.45) is 0 Å². The molecule has 5 heteroatoms. The van der Waals surface area contributed by atoms with Gasteiger partial charge in [-0.25, -0.2) is 4.79 Å². The highest BCUT2D eigenvalue weighted by atomic mass is 35.5. The zero-order valence-corrected chi connectivity index (χ0v) is 10.2. The average Bonchev–Trinajstić information content (AvgIpc) is 2.43. The number of carbonyl (C=O) groups is 1. The second-order valence-electron chi connectivity index (χ2n) is 3.05. The van der Waals surface area contributed by atoms with Gasteiger partial charge in [0.25, 0.3) is 0 Å². The zero-order valence-electron chi connectivity index (χ0n) is 7.78. The molecule has 2 rings (SSSR count). The van der Waals surface area contributed by atoms with Gasteiger partial charge in [-0.05, 0) is 18.6 Å². The van der Waals surface area contributed by atoms with E-state index < -0.39 is 5.97 Å². The maximum absolute atomic E-state index is 10.8. The molecule has 0 saturated carbocycles. The Kier molecular flexibility index (Phi) is 3.60. The first-order chi connectivity index (χ1) is 6.59. The number of hydrogen-bond acceptors (Lipinski definition) is 2. The Morgan fingerprint density at radius 3 is 2.73 bits per heavy atom. The first kappa shape index (κ1) is 12.3. The molecule has 0 aliphatic heterocycles. The Hall–Kier alpha value is -0.770.